The van der Waals surface area contributed by atoms with Gasteiger partial charge in [0.25, 0.3) is 0 Å². The molecule has 6 heteroatoms. The summed E-state index contributed by atoms with van der Waals surface area (Å²) in [6.07, 6.45) is 0. The van der Waals surface area contributed by atoms with E-state index in [-0.39, 0.29) is 18.3 Å². The predicted molar refractivity (Wildman–Crippen MR) is 95.6 cm³/mol. The van der Waals surface area contributed by atoms with Crippen molar-refractivity contribution < 1.29 is 18.7 Å². The maximum atomic E-state index is 13.2. The van der Waals surface area contributed by atoms with Crippen LogP contribution in [0.1, 0.15) is 11.1 Å². The lowest BCUT2D eigenvalue weighted by Crippen LogP contribution is -2.30. The van der Waals surface area contributed by atoms with Crippen LogP contribution < -0.4 is 14.8 Å². The molecule has 0 atom stereocenters. The molecule has 1 N–H and O–H groups in total. The molecule has 0 bridgehead atoms. The number of carbonyl (C=O) groups excluding carboxylic acids is 1. The van der Waals surface area contributed by atoms with Gasteiger partial charge in [-0.1, -0.05) is 6.07 Å². The number of hydrogen-bond donors (Lipinski definition) is 1. The van der Waals surface area contributed by atoms with Gasteiger partial charge in [-0.15, -0.1) is 0 Å². The van der Waals surface area contributed by atoms with Gasteiger partial charge >= 0.3 is 0 Å². The average Bonchev–Trinajstić information content (AvgIpc) is 2.56. The Balaban J connectivity index is 2.00. The summed E-state index contributed by atoms with van der Waals surface area (Å²) in [5.41, 5.74) is 2.54. The summed E-state index contributed by atoms with van der Waals surface area (Å²) in [7, 11) is 5.04. The first-order valence-corrected chi connectivity index (χ1v) is 7.88. The van der Waals surface area contributed by atoms with E-state index in [9.17, 15) is 9.18 Å². The fourth-order valence-corrected chi connectivity index (χ4v) is 2.55. The Bertz CT molecular complexity index is 749. The van der Waals surface area contributed by atoms with Crippen molar-refractivity contribution in [1.82, 2.24) is 4.90 Å². The maximum Gasteiger partial charge on any atom is 0.238 e. The first kappa shape index (κ1) is 18.7. The Hall–Kier alpha value is -2.60. The summed E-state index contributed by atoms with van der Waals surface area (Å²) >= 11 is 0. The highest BCUT2D eigenvalue weighted by atomic mass is 19.1. The lowest BCUT2D eigenvalue weighted by Gasteiger charge is -2.19. The second-order valence-corrected chi connectivity index (χ2v) is 5.86. The third-order valence-electron chi connectivity index (χ3n) is 3.80. The molecule has 0 radical (unpaired) electrons. The van der Waals surface area contributed by atoms with Crippen molar-refractivity contribution in [3.8, 4) is 11.5 Å². The van der Waals surface area contributed by atoms with Gasteiger partial charge in [-0.3, -0.25) is 9.69 Å². The summed E-state index contributed by atoms with van der Waals surface area (Å²) in [6, 6.07) is 9.66. The first-order valence-electron chi connectivity index (χ1n) is 7.88. The van der Waals surface area contributed by atoms with Gasteiger partial charge in [0, 0.05) is 12.2 Å². The van der Waals surface area contributed by atoms with Crippen LogP contribution in [0.2, 0.25) is 0 Å². The summed E-state index contributed by atoms with van der Waals surface area (Å²) < 4.78 is 23.8. The molecule has 2 aromatic rings. The van der Waals surface area contributed by atoms with Gasteiger partial charge in [0.15, 0.2) is 11.5 Å². The molecule has 0 aliphatic carbocycles. The third-order valence-corrected chi connectivity index (χ3v) is 3.80. The molecule has 2 rings (SSSR count). The summed E-state index contributed by atoms with van der Waals surface area (Å²) in [5.74, 6) is 0.745. The number of anilines is 1. The molecule has 0 fully saturated rings. The van der Waals surface area contributed by atoms with Crippen LogP contribution in [-0.4, -0.2) is 38.6 Å². The SMILES string of the molecule is COc1cc(C)c(CN(C)CC(=O)Nc2cccc(F)c2)cc1OC. The Labute approximate surface area is 147 Å². The van der Waals surface area contributed by atoms with E-state index in [2.05, 4.69) is 5.32 Å². The van der Waals surface area contributed by atoms with Gasteiger partial charge in [-0.25, -0.2) is 4.39 Å². The topological polar surface area (TPSA) is 50.8 Å². The van der Waals surface area contributed by atoms with E-state index in [0.717, 1.165) is 11.1 Å². The largest absolute Gasteiger partial charge is 0.493 e. The number of ether oxygens (including phenoxy) is 2. The highest BCUT2D eigenvalue weighted by molar-refractivity contribution is 5.92. The minimum Gasteiger partial charge on any atom is -0.493 e. The number of methoxy groups -OCH3 is 2. The van der Waals surface area contributed by atoms with Crippen LogP contribution in [0.15, 0.2) is 36.4 Å². The molecule has 0 spiro atoms. The summed E-state index contributed by atoms with van der Waals surface area (Å²) in [4.78, 5) is 14.0. The smallest absolute Gasteiger partial charge is 0.238 e. The molecule has 0 saturated carbocycles. The van der Waals surface area contributed by atoms with Gasteiger partial charge in [-0.2, -0.15) is 0 Å². The van der Waals surface area contributed by atoms with Crippen LogP contribution in [0.4, 0.5) is 10.1 Å². The quantitative estimate of drug-likeness (QED) is 0.836. The molecule has 0 aromatic heterocycles. The second kappa shape index (κ2) is 8.48. The summed E-state index contributed by atoms with van der Waals surface area (Å²) in [5, 5.41) is 2.69. The van der Waals surface area contributed by atoms with Crippen LogP contribution in [0, 0.1) is 12.7 Å². The molecular weight excluding hydrogens is 323 g/mol. The van der Waals surface area contributed by atoms with Gasteiger partial charge in [0.2, 0.25) is 5.91 Å². The van der Waals surface area contributed by atoms with Gasteiger partial charge in [-0.05, 0) is 55.4 Å². The van der Waals surface area contributed by atoms with Crippen LogP contribution in [-0.2, 0) is 11.3 Å². The van der Waals surface area contributed by atoms with Crippen molar-refractivity contribution in [2.45, 2.75) is 13.5 Å². The number of nitrogens with zero attached hydrogens (tertiary/aromatic N) is 1. The maximum absolute atomic E-state index is 13.2. The Morgan fingerprint density at radius 1 is 1.16 bits per heavy atom. The molecule has 1 amide bonds. The Morgan fingerprint density at radius 3 is 2.48 bits per heavy atom. The lowest BCUT2D eigenvalue weighted by molar-refractivity contribution is -0.117. The van der Waals surface area contributed by atoms with Crippen LogP contribution in [0.5, 0.6) is 11.5 Å². The van der Waals surface area contributed by atoms with Crippen molar-refractivity contribution in [2.75, 3.05) is 33.1 Å². The number of amides is 1. The fraction of sp³-hybridized carbons (Fsp3) is 0.316. The molecule has 0 heterocycles. The predicted octanol–water partition coefficient (Wildman–Crippen LogP) is 3.22. The summed E-state index contributed by atoms with van der Waals surface area (Å²) in [6.45, 7) is 2.74. The highest BCUT2D eigenvalue weighted by Gasteiger charge is 2.12. The van der Waals surface area contributed by atoms with Crippen molar-refractivity contribution in [2.24, 2.45) is 0 Å². The Kier molecular flexibility index (Phi) is 6.36. The standard InChI is InChI=1S/C19H23FN2O3/c1-13-8-17(24-3)18(25-4)9-14(13)11-22(2)12-19(23)21-16-7-5-6-15(20)10-16/h5-10H,11-12H2,1-4H3,(H,21,23). The zero-order valence-corrected chi connectivity index (χ0v) is 14.9. The molecule has 134 valence electrons. The molecule has 0 aliphatic heterocycles. The normalized spacial score (nSPS) is 10.6. The number of aryl methyl sites for hydroxylation is 1. The van der Waals surface area contributed by atoms with E-state index in [1.54, 1.807) is 26.4 Å². The van der Waals surface area contributed by atoms with E-state index in [4.69, 9.17) is 9.47 Å². The van der Waals surface area contributed by atoms with Gasteiger partial charge in [0.05, 0.1) is 20.8 Å². The molecule has 0 aliphatic rings. The number of benzene rings is 2. The molecule has 0 saturated heterocycles. The molecule has 25 heavy (non-hydrogen) atoms. The molecular formula is C19H23FN2O3. The van der Waals surface area contributed by atoms with Crippen molar-refractivity contribution >= 4 is 11.6 Å². The van der Waals surface area contributed by atoms with Crippen LogP contribution in [0.25, 0.3) is 0 Å². The average molecular weight is 346 g/mol. The van der Waals surface area contributed by atoms with E-state index in [1.807, 2.05) is 31.0 Å². The number of carbonyl (C=O) groups is 1. The number of rotatable bonds is 7. The monoisotopic (exact) mass is 346 g/mol. The van der Waals surface area contributed by atoms with Crippen LogP contribution >= 0.6 is 0 Å². The lowest BCUT2D eigenvalue weighted by atomic mass is 10.1. The first-order chi connectivity index (χ1) is 11.9. The third kappa shape index (κ3) is 5.19. The van der Waals surface area contributed by atoms with E-state index >= 15 is 0 Å². The fourth-order valence-electron chi connectivity index (χ4n) is 2.55. The highest BCUT2D eigenvalue weighted by Crippen LogP contribution is 2.30. The van der Waals surface area contributed by atoms with Gasteiger partial charge < -0.3 is 14.8 Å². The minimum absolute atomic E-state index is 0.185. The molecule has 2 aromatic carbocycles. The van der Waals surface area contributed by atoms with Crippen LogP contribution in [0.3, 0.4) is 0 Å². The van der Waals surface area contributed by atoms with Crippen molar-refractivity contribution in [1.29, 1.82) is 0 Å². The Morgan fingerprint density at radius 2 is 1.84 bits per heavy atom. The second-order valence-electron chi connectivity index (χ2n) is 5.86. The van der Waals surface area contributed by atoms with Crippen molar-refractivity contribution in [3.63, 3.8) is 0 Å². The van der Waals surface area contributed by atoms with E-state index in [0.29, 0.717) is 23.7 Å². The zero-order chi connectivity index (χ0) is 18.4. The van der Waals surface area contributed by atoms with Crippen molar-refractivity contribution in [3.05, 3.63) is 53.3 Å². The zero-order valence-electron chi connectivity index (χ0n) is 14.9. The number of nitrogens with one attached hydrogen (secondary N) is 1. The number of likely N-dealkylation sites (N-methyl/N-ethyl adjacent to an activating group) is 1. The molecule has 0 unspecified atom stereocenters. The van der Waals surface area contributed by atoms with E-state index in [1.165, 1.54) is 12.1 Å². The number of halogens is 1. The van der Waals surface area contributed by atoms with E-state index < -0.39 is 0 Å². The minimum atomic E-state index is -0.382. The number of hydrogen-bond acceptors (Lipinski definition) is 4. The molecule has 5 nitrogen and oxygen atoms in total. The van der Waals surface area contributed by atoms with Gasteiger partial charge in [0.1, 0.15) is 5.82 Å².